The molecule has 4 nitrogen and oxygen atoms in total. The van der Waals surface area contributed by atoms with Crippen LogP contribution in [0.15, 0.2) is 0 Å². The summed E-state index contributed by atoms with van der Waals surface area (Å²) in [4.78, 5) is 22.1. The maximum atomic E-state index is 11.6. The van der Waals surface area contributed by atoms with E-state index in [-0.39, 0.29) is 17.9 Å². The Morgan fingerprint density at radius 1 is 1.57 bits per heavy atom. The molecule has 1 amide bonds. The van der Waals surface area contributed by atoms with Crippen LogP contribution in [-0.2, 0) is 9.59 Å². The molecule has 0 bridgehead atoms. The number of amides is 1. The standard InChI is InChI=1S/C10H17N2O2/c1-7(2)9(6-13)12-10(14)8-4-3-5-11-8/h7-9,11H,3-5H2,1-2H3,(H,12,14)/t8-,9+/m0/s1. The molecule has 0 aromatic rings. The Kier molecular flexibility index (Phi) is 4.07. The maximum absolute atomic E-state index is 11.6. The largest absolute Gasteiger partial charge is 0.344 e. The summed E-state index contributed by atoms with van der Waals surface area (Å²) in [7, 11) is 0. The van der Waals surface area contributed by atoms with Crippen molar-refractivity contribution in [3.63, 3.8) is 0 Å². The minimum atomic E-state index is -0.482. The van der Waals surface area contributed by atoms with Crippen LogP contribution in [0, 0.1) is 5.92 Å². The van der Waals surface area contributed by atoms with Crippen LogP contribution >= 0.6 is 0 Å². The summed E-state index contributed by atoms with van der Waals surface area (Å²) in [5.74, 6) is 0.0161. The van der Waals surface area contributed by atoms with Gasteiger partial charge in [-0.2, -0.15) is 0 Å². The highest BCUT2D eigenvalue weighted by atomic mass is 16.2. The lowest BCUT2D eigenvalue weighted by molar-refractivity contribution is -0.123. The van der Waals surface area contributed by atoms with E-state index >= 15 is 0 Å². The van der Waals surface area contributed by atoms with E-state index in [9.17, 15) is 9.59 Å². The quantitative estimate of drug-likeness (QED) is 0.666. The fourth-order valence-electron chi connectivity index (χ4n) is 1.49. The summed E-state index contributed by atoms with van der Waals surface area (Å²) in [6, 6.07) is -0.602. The van der Waals surface area contributed by atoms with Crippen molar-refractivity contribution in [1.29, 1.82) is 0 Å². The second kappa shape index (κ2) is 5.10. The Labute approximate surface area is 84.4 Å². The van der Waals surface area contributed by atoms with Gasteiger partial charge in [-0.05, 0) is 25.3 Å². The van der Waals surface area contributed by atoms with Gasteiger partial charge in [0.2, 0.25) is 12.2 Å². The molecule has 1 radical (unpaired) electrons. The van der Waals surface area contributed by atoms with E-state index in [2.05, 4.69) is 10.6 Å². The number of rotatable bonds is 4. The van der Waals surface area contributed by atoms with Crippen molar-refractivity contribution in [2.75, 3.05) is 6.54 Å². The monoisotopic (exact) mass is 197 g/mol. The molecule has 1 rings (SSSR count). The first-order valence-corrected chi connectivity index (χ1v) is 5.06. The molecule has 1 heterocycles. The zero-order valence-corrected chi connectivity index (χ0v) is 8.67. The average Bonchev–Trinajstić information content (AvgIpc) is 2.65. The smallest absolute Gasteiger partial charge is 0.237 e. The molecule has 1 saturated heterocycles. The number of nitrogens with one attached hydrogen (secondary N) is 2. The minimum absolute atomic E-state index is 0.0791. The highest BCUT2D eigenvalue weighted by Gasteiger charge is 2.25. The van der Waals surface area contributed by atoms with Gasteiger partial charge in [0, 0.05) is 0 Å². The van der Waals surface area contributed by atoms with E-state index in [1.807, 2.05) is 20.1 Å². The molecule has 0 aromatic carbocycles. The Bertz CT molecular complexity index is 210. The van der Waals surface area contributed by atoms with Crippen molar-refractivity contribution in [1.82, 2.24) is 10.6 Å². The third kappa shape index (κ3) is 2.80. The van der Waals surface area contributed by atoms with Gasteiger partial charge >= 0.3 is 0 Å². The number of carbonyl (C=O) groups excluding carboxylic acids is 2. The highest BCUT2D eigenvalue weighted by Crippen LogP contribution is 2.06. The first kappa shape index (κ1) is 11.2. The molecule has 0 spiro atoms. The van der Waals surface area contributed by atoms with Gasteiger partial charge in [0.1, 0.15) is 0 Å². The molecule has 1 aliphatic heterocycles. The Morgan fingerprint density at radius 2 is 2.29 bits per heavy atom. The van der Waals surface area contributed by atoms with Crippen molar-refractivity contribution >= 4 is 12.2 Å². The van der Waals surface area contributed by atoms with Crippen molar-refractivity contribution in [2.45, 2.75) is 38.8 Å². The lowest BCUT2D eigenvalue weighted by Crippen LogP contribution is -2.47. The van der Waals surface area contributed by atoms with Crippen LogP contribution in [0.25, 0.3) is 0 Å². The van der Waals surface area contributed by atoms with Crippen LogP contribution in [-0.4, -0.2) is 30.8 Å². The molecule has 0 aliphatic carbocycles. The van der Waals surface area contributed by atoms with E-state index in [1.165, 1.54) is 0 Å². The SMILES string of the molecule is CC(C)[C@@H]([C]=O)NC(=O)[C@@H]1CCCN1. The van der Waals surface area contributed by atoms with Crippen LogP contribution in [0.4, 0.5) is 0 Å². The van der Waals surface area contributed by atoms with E-state index in [4.69, 9.17) is 0 Å². The zero-order chi connectivity index (χ0) is 10.6. The van der Waals surface area contributed by atoms with E-state index in [1.54, 1.807) is 0 Å². The second-order valence-electron chi connectivity index (χ2n) is 4.00. The Balaban J connectivity index is 2.41. The molecule has 2 atom stereocenters. The number of hydrogen-bond donors (Lipinski definition) is 2. The third-order valence-electron chi connectivity index (χ3n) is 2.47. The summed E-state index contributed by atoms with van der Waals surface area (Å²) in [5, 5.41) is 5.77. The maximum Gasteiger partial charge on any atom is 0.237 e. The Morgan fingerprint density at radius 3 is 2.71 bits per heavy atom. The second-order valence-corrected chi connectivity index (χ2v) is 4.00. The Hall–Kier alpha value is -0.900. The van der Waals surface area contributed by atoms with Crippen molar-refractivity contribution in [3.8, 4) is 0 Å². The van der Waals surface area contributed by atoms with E-state index in [0.29, 0.717) is 0 Å². The van der Waals surface area contributed by atoms with Crippen molar-refractivity contribution in [2.24, 2.45) is 5.92 Å². The molecule has 4 heteroatoms. The van der Waals surface area contributed by atoms with Crippen LogP contribution in [0.3, 0.4) is 0 Å². The summed E-state index contributed by atoms with van der Waals surface area (Å²) in [6.45, 7) is 4.66. The predicted octanol–water partition coefficient (Wildman–Crippen LogP) is -0.0111. The van der Waals surface area contributed by atoms with Crippen LogP contribution < -0.4 is 10.6 Å². The van der Waals surface area contributed by atoms with Crippen molar-refractivity contribution < 1.29 is 9.59 Å². The number of carbonyl (C=O) groups is 1. The lowest BCUT2D eigenvalue weighted by atomic mass is 10.1. The summed E-state index contributed by atoms with van der Waals surface area (Å²) >= 11 is 0. The topological polar surface area (TPSA) is 58.2 Å². The minimum Gasteiger partial charge on any atom is -0.344 e. The summed E-state index contributed by atoms with van der Waals surface area (Å²) in [6.07, 6.45) is 3.73. The molecular weight excluding hydrogens is 180 g/mol. The van der Waals surface area contributed by atoms with Crippen LogP contribution in [0.5, 0.6) is 0 Å². The van der Waals surface area contributed by atoms with Crippen LogP contribution in [0.1, 0.15) is 26.7 Å². The normalized spacial score (nSPS) is 23.5. The molecule has 2 N–H and O–H groups in total. The van der Waals surface area contributed by atoms with E-state index in [0.717, 1.165) is 19.4 Å². The first-order valence-electron chi connectivity index (χ1n) is 5.06. The fourth-order valence-corrected chi connectivity index (χ4v) is 1.49. The molecular formula is C10H17N2O2. The van der Waals surface area contributed by atoms with Gasteiger partial charge in [0.15, 0.2) is 0 Å². The zero-order valence-electron chi connectivity index (χ0n) is 8.67. The highest BCUT2D eigenvalue weighted by molar-refractivity contribution is 5.84. The van der Waals surface area contributed by atoms with Gasteiger partial charge in [-0.25, -0.2) is 0 Å². The molecule has 14 heavy (non-hydrogen) atoms. The van der Waals surface area contributed by atoms with Gasteiger partial charge in [-0.1, -0.05) is 13.8 Å². The van der Waals surface area contributed by atoms with Crippen LogP contribution in [0.2, 0.25) is 0 Å². The summed E-state index contributed by atoms with van der Waals surface area (Å²) in [5.41, 5.74) is 0. The molecule has 0 unspecified atom stereocenters. The van der Waals surface area contributed by atoms with Gasteiger partial charge < -0.3 is 10.6 Å². The predicted molar refractivity (Wildman–Crippen MR) is 53.5 cm³/mol. The molecule has 0 aromatic heterocycles. The van der Waals surface area contributed by atoms with Gasteiger partial charge in [-0.15, -0.1) is 0 Å². The lowest BCUT2D eigenvalue weighted by Gasteiger charge is -2.18. The molecule has 0 saturated carbocycles. The van der Waals surface area contributed by atoms with Crippen molar-refractivity contribution in [3.05, 3.63) is 0 Å². The fraction of sp³-hybridized carbons (Fsp3) is 0.800. The van der Waals surface area contributed by atoms with Gasteiger partial charge in [0.25, 0.3) is 0 Å². The molecule has 1 fully saturated rings. The molecule has 79 valence electrons. The summed E-state index contributed by atoms with van der Waals surface area (Å²) < 4.78 is 0. The number of hydrogen-bond acceptors (Lipinski definition) is 3. The van der Waals surface area contributed by atoms with Gasteiger partial charge in [0.05, 0.1) is 12.1 Å². The average molecular weight is 197 g/mol. The third-order valence-corrected chi connectivity index (χ3v) is 2.47. The van der Waals surface area contributed by atoms with Gasteiger partial charge in [-0.3, -0.25) is 9.59 Å². The molecule has 1 aliphatic rings. The van der Waals surface area contributed by atoms with E-state index < -0.39 is 6.04 Å². The first-order chi connectivity index (χ1) is 6.65.